The molecule has 2 N–H and O–H groups in total. The molecule has 0 aromatic heterocycles. The van der Waals surface area contributed by atoms with Crippen LogP contribution in [0.25, 0.3) is 0 Å². The lowest BCUT2D eigenvalue weighted by molar-refractivity contribution is -0.143. The lowest BCUT2D eigenvalue weighted by Gasteiger charge is -2.31. The fourth-order valence-corrected chi connectivity index (χ4v) is 2.79. The number of rotatable bonds is 4. The molecule has 14 heavy (non-hydrogen) atoms. The quantitative estimate of drug-likeness (QED) is 0.657. The number of thioether (sulfide) groups is 1. The van der Waals surface area contributed by atoms with Gasteiger partial charge in [-0.2, -0.15) is 0 Å². The molecule has 2 atom stereocenters. The molecular weight excluding hydrogens is 206 g/mol. The SMILES string of the molecule is COC(OC)C1(C)N[C@H](C(=O)O)CS1. The van der Waals surface area contributed by atoms with Crippen LogP contribution in [0, 0.1) is 0 Å². The number of nitrogens with one attached hydrogen (secondary N) is 1. The average Bonchev–Trinajstić information content (AvgIpc) is 2.51. The summed E-state index contributed by atoms with van der Waals surface area (Å²) in [5.41, 5.74) is 0. The molecule has 0 spiro atoms. The standard InChI is InChI=1S/C8H15NO4S/c1-8(7(12-2)13-3)9-5(4-14-8)6(10)11/h5,7,9H,4H2,1-3H3,(H,10,11)/t5-,8?/m0/s1. The summed E-state index contributed by atoms with van der Waals surface area (Å²) >= 11 is 1.50. The maximum Gasteiger partial charge on any atom is 0.321 e. The van der Waals surface area contributed by atoms with Gasteiger partial charge in [-0.3, -0.25) is 10.1 Å². The monoisotopic (exact) mass is 221 g/mol. The number of aliphatic carboxylic acids is 1. The molecule has 0 aliphatic carbocycles. The van der Waals surface area contributed by atoms with E-state index in [4.69, 9.17) is 14.6 Å². The Morgan fingerprint density at radius 3 is 2.57 bits per heavy atom. The van der Waals surface area contributed by atoms with Crippen molar-refractivity contribution in [3.05, 3.63) is 0 Å². The Hall–Kier alpha value is -0.300. The lowest BCUT2D eigenvalue weighted by atomic mass is 10.2. The minimum atomic E-state index is -0.841. The van der Waals surface area contributed by atoms with E-state index < -0.39 is 23.2 Å². The number of carboxylic acids is 1. The van der Waals surface area contributed by atoms with E-state index in [1.54, 1.807) is 0 Å². The first-order chi connectivity index (χ1) is 6.53. The van der Waals surface area contributed by atoms with Crippen LogP contribution in [0.15, 0.2) is 0 Å². The van der Waals surface area contributed by atoms with Crippen molar-refractivity contribution < 1.29 is 19.4 Å². The van der Waals surface area contributed by atoms with Gasteiger partial charge >= 0.3 is 5.97 Å². The highest BCUT2D eigenvalue weighted by Crippen LogP contribution is 2.34. The highest BCUT2D eigenvalue weighted by atomic mass is 32.2. The van der Waals surface area contributed by atoms with E-state index in [1.165, 1.54) is 26.0 Å². The Balaban J connectivity index is 2.64. The number of methoxy groups -OCH3 is 2. The van der Waals surface area contributed by atoms with Gasteiger partial charge in [0, 0.05) is 20.0 Å². The van der Waals surface area contributed by atoms with E-state index in [-0.39, 0.29) is 0 Å². The first-order valence-corrected chi connectivity index (χ1v) is 5.22. The Labute approximate surface area is 87.1 Å². The van der Waals surface area contributed by atoms with Crippen LogP contribution in [0.2, 0.25) is 0 Å². The number of carboxylic acid groups (broad SMARTS) is 1. The molecule has 0 radical (unpaired) electrons. The fourth-order valence-electron chi connectivity index (χ4n) is 1.50. The Kier molecular flexibility index (Phi) is 3.77. The summed E-state index contributed by atoms with van der Waals surface area (Å²) in [6.45, 7) is 1.87. The second-order valence-electron chi connectivity index (χ2n) is 3.26. The zero-order chi connectivity index (χ0) is 10.8. The third kappa shape index (κ3) is 2.20. The number of hydrogen-bond donors (Lipinski definition) is 2. The van der Waals surface area contributed by atoms with E-state index in [0.717, 1.165) is 0 Å². The molecule has 5 nitrogen and oxygen atoms in total. The van der Waals surface area contributed by atoms with E-state index in [0.29, 0.717) is 5.75 Å². The summed E-state index contributed by atoms with van der Waals surface area (Å²) in [5, 5.41) is 11.8. The van der Waals surface area contributed by atoms with Crippen molar-refractivity contribution in [1.29, 1.82) is 0 Å². The van der Waals surface area contributed by atoms with Crippen molar-refractivity contribution in [2.45, 2.75) is 24.1 Å². The molecule has 1 saturated heterocycles. The van der Waals surface area contributed by atoms with Crippen molar-refractivity contribution in [3.8, 4) is 0 Å². The van der Waals surface area contributed by atoms with E-state index >= 15 is 0 Å². The van der Waals surface area contributed by atoms with Crippen molar-refractivity contribution >= 4 is 17.7 Å². The minimum Gasteiger partial charge on any atom is -0.480 e. The van der Waals surface area contributed by atoms with Gasteiger partial charge in [0.05, 0.1) is 0 Å². The molecule has 1 aliphatic heterocycles. The molecule has 1 aliphatic rings. The van der Waals surface area contributed by atoms with Crippen molar-refractivity contribution in [3.63, 3.8) is 0 Å². The van der Waals surface area contributed by atoms with Gasteiger partial charge < -0.3 is 14.6 Å². The molecule has 82 valence electrons. The average molecular weight is 221 g/mol. The number of hydrogen-bond acceptors (Lipinski definition) is 5. The van der Waals surface area contributed by atoms with Gasteiger partial charge in [0.15, 0.2) is 6.29 Å². The summed E-state index contributed by atoms with van der Waals surface area (Å²) in [4.78, 5) is 10.2. The normalized spacial score (nSPS) is 32.4. The van der Waals surface area contributed by atoms with Gasteiger partial charge in [0.2, 0.25) is 0 Å². The topological polar surface area (TPSA) is 67.8 Å². The lowest BCUT2D eigenvalue weighted by Crippen LogP contribution is -2.51. The molecule has 6 heteroatoms. The highest BCUT2D eigenvalue weighted by molar-refractivity contribution is 8.01. The second-order valence-corrected chi connectivity index (χ2v) is 4.73. The van der Waals surface area contributed by atoms with Crippen LogP contribution in [0.3, 0.4) is 0 Å². The summed E-state index contributed by atoms with van der Waals surface area (Å²) in [6, 6.07) is -0.530. The summed E-state index contributed by atoms with van der Waals surface area (Å²) in [6.07, 6.45) is -0.447. The summed E-state index contributed by atoms with van der Waals surface area (Å²) in [5.74, 6) is -0.318. The minimum absolute atomic E-state index is 0.447. The van der Waals surface area contributed by atoms with Gasteiger partial charge in [-0.25, -0.2) is 0 Å². The van der Waals surface area contributed by atoms with Crippen LogP contribution in [0.1, 0.15) is 6.92 Å². The Bertz CT molecular complexity index is 221. The maximum absolute atomic E-state index is 10.7. The van der Waals surface area contributed by atoms with Gasteiger partial charge in [-0.05, 0) is 6.92 Å². The zero-order valence-corrected chi connectivity index (χ0v) is 9.26. The fraction of sp³-hybridized carbons (Fsp3) is 0.875. The molecule has 1 heterocycles. The van der Waals surface area contributed by atoms with Gasteiger partial charge in [0.1, 0.15) is 10.9 Å². The maximum atomic E-state index is 10.7. The van der Waals surface area contributed by atoms with Crippen LogP contribution in [-0.4, -0.2) is 48.3 Å². The summed E-state index contributed by atoms with van der Waals surface area (Å²) in [7, 11) is 3.07. The van der Waals surface area contributed by atoms with Gasteiger partial charge in [0.25, 0.3) is 0 Å². The van der Waals surface area contributed by atoms with E-state index in [2.05, 4.69) is 5.32 Å². The van der Waals surface area contributed by atoms with E-state index in [9.17, 15) is 4.79 Å². The molecule has 1 fully saturated rings. The zero-order valence-electron chi connectivity index (χ0n) is 8.44. The molecule has 0 bridgehead atoms. The molecule has 0 saturated carbocycles. The molecule has 1 unspecified atom stereocenters. The second kappa shape index (κ2) is 4.48. The molecule has 1 rings (SSSR count). The van der Waals surface area contributed by atoms with E-state index in [1.807, 2.05) is 6.92 Å². The van der Waals surface area contributed by atoms with Gasteiger partial charge in [-0.15, -0.1) is 11.8 Å². The third-order valence-corrected chi connectivity index (χ3v) is 3.60. The number of carbonyl (C=O) groups is 1. The van der Waals surface area contributed by atoms with Crippen LogP contribution in [0.5, 0.6) is 0 Å². The molecule has 0 aromatic rings. The van der Waals surface area contributed by atoms with Crippen LogP contribution < -0.4 is 5.32 Å². The third-order valence-electron chi connectivity index (χ3n) is 2.19. The van der Waals surface area contributed by atoms with Gasteiger partial charge in [-0.1, -0.05) is 0 Å². The predicted octanol–water partition coefficient (Wildman–Crippen LogP) is 0.111. The Morgan fingerprint density at radius 1 is 1.64 bits per heavy atom. The number of ether oxygens (including phenoxy) is 2. The first kappa shape index (κ1) is 11.8. The van der Waals surface area contributed by atoms with Crippen LogP contribution in [0.4, 0.5) is 0 Å². The highest BCUT2D eigenvalue weighted by Gasteiger charge is 2.44. The molecule has 0 aromatic carbocycles. The van der Waals surface area contributed by atoms with Crippen molar-refractivity contribution in [1.82, 2.24) is 5.32 Å². The summed E-state index contributed by atoms with van der Waals surface area (Å²) < 4.78 is 10.2. The van der Waals surface area contributed by atoms with Crippen molar-refractivity contribution in [2.24, 2.45) is 0 Å². The predicted molar refractivity (Wildman–Crippen MR) is 53.2 cm³/mol. The van der Waals surface area contributed by atoms with Crippen LogP contribution >= 0.6 is 11.8 Å². The molecule has 0 amide bonds. The molecular formula is C8H15NO4S. The largest absolute Gasteiger partial charge is 0.480 e. The van der Waals surface area contributed by atoms with Crippen LogP contribution in [-0.2, 0) is 14.3 Å². The van der Waals surface area contributed by atoms with Crippen molar-refractivity contribution in [2.75, 3.05) is 20.0 Å². The Morgan fingerprint density at radius 2 is 2.21 bits per heavy atom. The first-order valence-electron chi connectivity index (χ1n) is 4.23. The smallest absolute Gasteiger partial charge is 0.321 e.